The first-order chi connectivity index (χ1) is 6.83. The van der Waals surface area contributed by atoms with Crippen molar-refractivity contribution in [2.24, 2.45) is 0 Å². The molecule has 1 aromatic rings. The third-order valence-electron chi connectivity index (χ3n) is 1.67. The van der Waals surface area contributed by atoms with Gasteiger partial charge in [-0.3, -0.25) is 4.79 Å². The molecule has 0 aliphatic rings. The summed E-state index contributed by atoms with van der Waals surface area (Å²) in [5, 5.41) is 0.102. The number of allylic oxidation sites excluding steroid dienone is 1. The van der Waals surface area contributed by atoms with Crippen molar-refractivity contribution in [3.05, 3.63) is 42.5 Å². The van der Waals surface area contributed by atoms with E-state index in [-0.39, 0.29) is 5.12 Å². The number of hydrogen-bond acceptors (Lipinski definition) is 2. The molecule has 1 aromatic carbocycles. The van der Waals surface area contributed by atoms with Gasteiger partial charge in [-0.05, 0) is 36.4 Å². The van der Waals surface area contributed by atoms with Crippen LogP contribution in [0.2, 0.25) is 0 Å². The molecule has 0 heterocycles. The third kappa shape index (κ3) is 4.28. The second-order valence-electron chi connectivity index (χ2n) is 2.93. The van der Waals surface area contributed by atoms with E-state index in [9.17, 15) is 4.79 Å². The molecule has 0 aliphatic heterocycles. The molecule has 0 saturated heterocycles. The maximum atomic E-state index is 11.4. The summed E-state index contributed by atoms with van der Waals surface area (Å²) in [6.07, 6.45) is 5.64. The Kier molecular flexibility index (Phi) is 5.08. The molecule has 0 saturated carbocycles. The Morgan fingerprint density at radius 2 is 2.07 bits per heavy atom. The van der Waals surface area contributed by atoms with E-state index in [0.717, 1.165) is 17.7 Å². The van der Waals surface area contributed by atoms with Crippen LogP contribution in [0.15, 0.2) is 47.4 Å². The molecule has 14 heavy (non-hydrogen) atoms. The largest absolute Gasteiger partial charge is 0.282 e. The van der Waals surface area contributed by atoms with Crippen LogP contribution >= 0.6 is 11.8 Å². The highest BCUT2D eigenvalue weighted by Crippen LogP contribution is 2.18. The highest BCUT2D eigenvalue weighted by atomic mass is 32.2. The van der Waals surface area contributed by atoms with Crippen molar-refractivity contribution in [2.75, 3.05) is 0 Å². The summed E-state index contributed by atoms with van der Waals surface area (Å²) in [6, 6.07) is 9.70. The fraction of sp³-hybridized carbons (Fsp3) is 0.250. The van der Waals surface area contributed by atoms with E-state index in [1.165, 1.54) is 11.8 Å². The molecule has 0 spiro atoms. The average molecular weight is 206 g/mol. The third-order valence-corrected chi connectivity index (χ3v) is 2.52. The predicted molar refractivity (Wildman–Crippen MR) is 61.4 cm³/mol. The van der Waals surface area contributed by atoms with E-state index in [4.69, 9.17) is 0 Å². The number of carbonyl (C=O) groups excluding carboxylic acids is 1. The summed E-state index contributed by atoms with van der Waals surface area (Å²) >= 11 is 1.27. The second-order valence-corrected chi connectivity index (χ2v) is 4.00. The molecule has 0 amide bonds. The van der Waals surface area contributed by atoms with E-state index < -0.39 is 0 Å². The number of benzene rings is 1. The quantitative estimate of drug-likeness (QED) is 0.552. The van der Waals surface area contributed by atoms with Gasteiger partial charge in [-0.15, -0.1) is 0 Å². The molecule has 74 valence electrons. The van der Waals surface area contributed by atoms with Gasteiger partial charge in [0.2, 0.25) is 5.12 Å². The number of unbranched alkanes of at least 4 members (excludes halogenated alkanes) is 1. The molecule has 0 fully saturated rings. The average Bonchev–Trinajstić information content (AvgIpc) is 2.20. The van der Waals surface area contributed by atoms with Gasteiger partial charge in [-0.1, -0.05) is 37.6 Å². The van der Waals surface area contributed by atoms with Crippen LogP contribution in [0.4, 0.5) is 0 Å². The van der Waals surface area contributed by atoms with E-state index in [1.54, 1.807) is 6.08 Å². The minimum atomic E-state index is 0.102. The van der Waals surface area contributed by atoms with Crippen LogP contribution in [0.25, 0.3) is 0 Å². The second kappa shape index (κ2) is 6.44. The molecule has 0 unspecified atom stereocenters. The highest BCUT2D eigenvalue weighted by molar-refractivity contribution is 8.14. The molecule has 1 rings (SSSR count). The topological polar surface area (TPSA) is 17.1 Å². The van der Waals surface area contributed by atoms with Crippen molar-refractivity contribution in [1.82, 2.24) is 0 Å². The first-order valence-corrected chi connectivity index (χ1v) is 5.58. The Labute approximate surface area is 89.2 Å². The Balaban J connectivity index is 2.42. The molecule has 1 nitrogen and oxygen atoms in total. The van der Waals surface area contributed by atoms with E-state index >= 15 is 0 Å². The van der Waals surface area contributed by atoms with Crippen LogP contribution in [-0.2, 0) is 4.79 Å². The molecule has 0 aromatic heterocycles. The van der Waals surface area contributed by atoms with Crippen LogP contribution < -0.4 is 0 Å². The van der Waals surface area contributed by atoms with E-state index in [2.05, 4.69) is 6.92 Å². The minimum absolute atomic E-state index is 0.102. The van der Waals surface area contributed by atoms with Gasteiger partial charge >= 0.3 is 0 Å². The van der Waals surface area contributed by atoms with Gasteiger partial charge < -0.3 is 0 Å². The Bertz CT molecular complexity index is 303. The SMILES string of the molecule is CCC/C=C/C(=O)Sc1ccccc1. The maximum absolute atomic E-state index is 11.4. The van der Waals surface area contributed by atoms with Gasteiger partial charge in [0.25, 0.3) is 0 Å². The molecule has 0 radical (unpaired) electrons. The van der Waals surface area contributed by atoms with Crippen LogP contribution in [0, 0.1) is 0 Å². The molecular weight excluding hydrogens is 192 g/mol. The first-order valence-electron chi connectivity index (χ1n) is 4.76. The number of rotatable bonds is 4. The van der Waals surface area contributed by atoms with E-state index in [1.807, 2.05) is 36.4 Å². The van der Waals surface area contributed by atoms with Crippen LogP contribution in [-0.4, -0.2) is 5.12 Å². The zero-order chi connectivity index (χ0) is 10.2. The van der Waals surface area contributed by atoms with Crippen molar-refractivity contribution < 1.29 is 4.79 Å². The van der Waals surface area contributed by atoms with Crippen molar-refractivity contribution >= 4 is 16.9 Å². The molecular formula is C12H14OS. The molecule has 0 atom stereocenters. The normalized spacial score (nSPS) is 10.6. The lowest BCUT2D eigenvalue weighted by atomic mass is 10.3. The summed E-state index contributed by atoms with van der Waals surface area (Å²) in [5.74, 6) is 0. The van der Waals surface area contributed by atoms with Gasteiger partial charge in [-0.25, -0.2) is 0 Å². The number of carbonyl (C=O) groups is 1. The predicted octanol–water partition coefficient (Wildman–Crippen LogP) is 3.66. The Morgan fingerprint density at radius 1 is 1.36 bits per heavy atom. The summed E-state index contributed by atoms with van der Waals surface area (Å²) in [5.41, 5.74) is 0. The van der Waals surface area contributed by atoms with Crippen LogP contribution in [0.1, 0.15) is 19.8 Å². The van der Waals surface area contributed by atoms with Gasteiger partial charge in [0.05, 0.1) is 0 Å². The maximum Gasteiger partial charge on any atom is 0.216 e. The van der Waals surface area contributed by atoms with Gasteiger partial charge in [0.15, 0.2) is 0 Å². The fourth-order valence-corrected chi connectivity index (χ4v) is 1.67. The van der Waals surface area contributed by atoms with Crippen molar-refractivity contribution in [1.29, 1.82) is 0 Å². The minimum Gasteiger partial charge on any atom is -0.282 e. The van der Waals surface area contributed by atoms with E-state index in [0.29, 0.717) is 0 Å². The zero-order valence-electron chi connectivity index (χ0n) is 8.27. The first kappa shape index (κ1) is 11.1. The lowest BCUT2D eigenvalue weighted by molar-refractivity contribution is -0.107. The van der Waals surface area contributed by atoms with Crippen molar-refractivity contribution in [3.8, 4) is 0 Å². The molecule has 0 aliphatic carbocycles. The lowest BCUT2D eigenvalue weighted by Gasteiger charge is -1.94. The van der Waals surface area contributed by atoms with Gasteiger partial charge in [0.1, 0.15) is 0 Å². The lowest BCUT2D eigenvalue weighted by Crippen LogP contribution is -1.83. The Hall–Kier alpha value is -1.02. The monoisotopic (exact) mass is 206 g/mol. The standard InChI is InChI=1S/C12H14OS/c1-2-3-5-10-12(13)14-11-8-6-4-7-9-11/h4-10H,2-3H2,1H3/b10-5+. The van der Waals surface area contributed by atoms with Crippen molar-refractivity contribution in [3.63, 3.8) is 0 Å². The summed E-state index contributed by atoms with van der Waals surface area (Å²) in [4.78, 5) is 12.4. The van der Waals surface area contributed by atoms with Crippen molar-refractivity contribution in [2.45, 2.75) is 24.7 Å². The summed E-state index contributed by atoms with van der Waals surface area (Å²) in [7, 11) is 0. The number of hydrogen-bond donors (Lipinski definition) is 0. The Morgan fingerprint density at radius 3 is 2.71 bits per heavy atom. The summed E-state index contributed by atoms with van der Waals surface area (Å²) < 4.78 is 0. The van der Waals surface area contributed by atoms with Gasteiger partial charge in [0, 0.05) is 4.90 Å². The summed E-state index contributed by atoms with van der Waals surface area (Å²) in [6.45, 7) is 2.10. The van der Waals surface area contributed by atoms with Crippen LogP contribution in [0.5, 0.6) is 0 Å². The number of thioether (sulfide) groups is 1. The fourth-order valence-electron chi connectivity index (χ4n) is 0.985. The molecule has 2 heteroatoms. The van der Waals surface area contributed by atoms with Gasteiger partial charge in [-0.2, -0.15) is 0 Å². The van der Waals surface area contributed by atoms with Crippen LogP contribution in [0.3, 0.4) is 0 Å². The zero-order valence-corrected chi connectivity index (χ0v) is 9.09. The molecule has 0 bridgehead atoms. The molecule has 0 N–H and O–H groups in total. The highest BCUT2D eigenvalue weighted by Gasteiger charge is 1.98. The smallest absolute Gasteiger partial charge is 0.216 e.